The molecule has 1 aliphatic heterocycles. The highest BCUT2D eigenvalue weighted by molar-refractivity contribution is 5.93. The third-order valence-electron chi connectivity index (χ3n) is 3.37. The molecule has 1 fully saturated rings. The summed E-state index contributed by atoms with van der Waals surface area (Å²) in [7, 11) is 3.72. The van der Waals surface area contributed by atoms with Gasteiger partial charge >= 0.3 is 0 Å². The molecule has 1 aromatic heterocycles. The molecule has 0 aromatic carbocycles. The number of aromatic nitrogens is 2. The van der Waals surface area contributed by atoms with E-state index in [1.165, 1.54) is 0 Å². The minimum atomic E-state index is 0.0741. The Bertz CT molecular complexity index is 380. The topological polar surface area (TPSA) is 50.2 Å². The van der Waals surface area contributed by atoms with E-state index in [9.17, 15) is 4.79 Å². The van der Waals surface area contributed by atoms with Crippen LogP contribution < -0.4 is 5.32 Å². The molecular weight excluding hydrogens is 216 g/mol. The maximum atomic E-state index is 12.2. The standard InChI is InChI=1S/C12H20N4O/c1-15-9-10(8-14-15)12(17)16(2)11-4-3-6-13-7-5-11/h8-9,11,13H,3-7H2,1-2H3. The largest absolute Gasteiger partial charge is 0.339 e. The lowest BCUT2D eigenvalue weighted by atomic mass is 10.1. The van der Waals surface area contributed by atoms with Crippen LogP contribution in [0.5, 0.6) is 0 Å². The molecule has 1 aliphatic rings. The van der Waals surface area contributed by atoms with E-state index in [1.807, 2.05) is 19.0 Å². The number of hydrogen-bond donors (Lipinski definition) is 1. The number of carbonyl (C=O) groups excluding carboxylic acids is 1. The lowest BCUT2D eigenvalue weighted by molar-refractivity contribution is 0.0720. The van der Waals surface area contributed by atoms with Gasteiger partial charge < -0.3 is 10.2 Å². The van der Waals surface area contributed by atoms with Crippen LogP contribution in [0, 0.1) is 0 Å². The van der Waals surface area contributed by atoms with Crippen molar-refractivity contribution in [2.24, 2.45) is 7.05 Å². The molecule has 1 saturated heterocycles. The summed E-state index contributed by atoms with van der Waals surface area (Å²) in [6.45, 7) is 2.06. The number of nitrogens with zero attached hydrogens (tertiary/aromatic N) is 3. The Hall–Kier alpha value is -1.36. The van der Waals surface area contributed by atoms with Gasteiger partial charge in [0.25, 0.3) is 5.91 Å². The first kappa shape index (κ1) is 12.1. The molecule has 0 saturated carbocycles. The molecule has 5 heteroatoms. The summed E-state index contributed by atoms with van der Waals surface area (Å²) in [5.41, 5.74) is 0.673. The second-order valence-electron chi connectivity index (χ2n) is 4.65. The van der Waals surface area contributed by atoms with Gasteiger partial charge in [0, 0.05) is 26.3 Å². The fraction of sp³-hybridized carbons (Fsp3) is 0.667. The van der Waals surface area contributed by atoms with Crippen molar-refractivity contribution in [1.29, 1.82) is 0 Å². The summed E-state index contributed by atoms with van der Waals surface area (Å²) in [5, 5.41) is 7.40. The molecule has 1 amide bonds. The Morgan fingerprint density at radius 2 is 2.35 bits per heavy atom. The van der Waals surface area contributed by atoms with Gasteiger partial charge in [-0.1, -0.05) is 0 Å². The highest BCUT2D eigenvalue weighted by Gasteiger charge is 2.22. The van der Waals surface area contributed by atoms with E-state index in [0.717, 1.165) is 32.4 Å². The van der Waals surface area contributed by atoms with Crippen LogP contribution in [0.15, 0.2) is 12.4 Å². The SMILES string of the molecule is CN(C(=O)c1cnn(C)c1)C1CCCNCC1. The molecule has 0 radical (unpaired) electrons. The van der Waals surface area contributed by atoms with Gasteiger partial charge in [-0.25, -0.2) is 0 Å². The Kier molecular flexibility index (Phi) is 3.78. The first-order valence-electron chi connectivity index (χ1n) is 6.15. The van der Waals surface area contributed by atoms with Crippen molar-refractivity contribution in [2.45, 2.75) is 25.3 Å². The van der Waals surface area contributed by atoms with Gasteiger partial charge in [0.1, 0.15) is 0 Å². The van der Waals surface area contributed by atoms with Crippen LogP contribution in [0.25, 0.3) is 0 Å². The number of aryl methyl sites for hydroxylation is 1. The van der Waals surface area contributed by atoms with E-state index >= 15 is 0 Å². The maximum Gasteiger partial charge on any atom is 0.257 e. The molecule has 1 N–H and O–H groups in total. The molecule has 0 spiro atoms. The van der Waals surface area contributed by atoms with Crippen LogP contribution >= 0.6 is 0 Å². The molecular formula is C12H20N4O. The zero-order chi connectivity index (χ0) is 12.3. The Morgan fingerprint density at radius 1 is 1.53 bits per heavy atom. The van der Waals surface area contributed by atoms with E-state index in [2.05, 4.69) is 10.4 Å². The van der Waals surface area contributed by atoms with Crippen LogP contribution in [0.4, 0.5) is 0 Å². The predicted molar refractivity (Wildman–Crippen MR) is 65.8 cm³/mol. The van der Waals surface area contributed by atoms with Crippen molar-refractivity contribution in [3.05, 3.63) is 18.0 Å². The zero-order valence-corrected chi connectivity index (χ0v) is 10.5. The van der Waals surface area contributed by atoms with E-state index < -0.39 is 0 Å². The molecule has 94 valence electrons. The number of rotatable bonds is 2. The van der Waals surface area contributed by atoms with Gasteiger partial charge in [0.05, 0.1) is 11.8 Å². The fourth-order valence-corrected chi connectivity index (χ4v) is 2.29. The van der Waals surface area contributed by atoms with Crippen LogP contribution in [-0.4, -0.2) is 46.8 Å². The minimum Gasteiger partial charge on any atom is -0.339 e. The maximum absolute atomic E-state index is 12.2. The lowest BCUT2D eigenvalue weighted by Crippen LogP contribution is -2.37. The predicted octanol–water partition coefficient (Wildman–Crippen LogP) is 0.634. The van der Waals surface area contributed by atoms with Gasteiger partial charge in [-0.3, -0.25) is 9.48 Å². The van der Waals surface area contributed by atoms with Crippen molar-refractivity contribution in [1.82, 2.24) is 20.0 Å². The molecule has 0 bridgehead atoms. The van der Waals surface area contributed by atoms with Gasteiger partial charge in [-0.2, -0.15) is 5.10 Å². The van der Waals surface area contributed by atoms with E-state index in [-0.39, 0.29) is 5.91 Å². The molecule has 0 aliphatic carbocycles. The normalized spacial score (nSPS) is 20.9. The third-order valence-corrected chi connectivity index (χ3v) is 3.37. The molecule has 17 heavy (non-hydrogen) atoms. The zero-order valence-electron chi connectivity index (χ0n) is 10.5. The Labute approximate surface area is 102 Å². The number of nitrogens with one attached hydrogen (secondary N) is 1. The summed E-state index contributed by atoms with van der Waals surface area (Å²) >= 11 is 0. The first-order valence-corrected chi connectivity index (χ1v) is 6.15. The number of hydrogen-bond acceptors (Lipinski definition) is 3. The average molecular weight is 236 g/mol. The minimum absolute atomic E-state index is 0.0741. The van der Waals surface area contributed by atoms with Crippen molar-refractivity contribution in [3.63, 3.8) is 0 Å². The number of amides is 1. The van der Waals surface area contributed by atoms with Crippen LogP contribution in [0.3, 0.4) is 0 Å². The monoisotopic (exact) mass is 236 g/mol. The highest BCUT2D eigenvalue weighted by atomic mass is 16.2. The van der Waals surface area contributed by atoms with Gasteiger partial charge in [-0.15, -0.1) is 0 Å². The van der Waals surface area contributed by atoms with Crippen molar-refractivity contribution in [3.8, 4) is 0 Å². The molecule has 2 rings (SSSR count). The summed E-state index contributed by atoms with van der Waals surface area (Å²) in [4.78, 5) is 14.1. The van der Waals surface area contributed by atoms with Gasteiger partial charge in [0.15, 0.2) is 0 Å². The van der Waals surface area contributed by atoms with Crippen LogP contribution in [-0.2, 0) is 7.05 Å². The van der Waals surface area contributed by atoms with Gasteiger partial charge in [-0.05, 0) is 32.4 Å². The summed E-state index contributed by atoms with van der Waals surface area (Å²) in [6.07, 6.45) is 6.65. The average Bonchev–Trinajstić information content (AvgIpc) is 2.60. The molecule has 1 aromatic rings. The fourth-order valence-electron chi connectivity index (χ4n) is 2.29. The molecule has 2 heterocycles. The summed E-state index contributed by atoms with van der Waals surface area (Å²) < 4.78 is 1.66. The van der Waals surface area contributed by atoms with Crippen LogP contribution in [0.2, 0.25) is 0 Å². The third kappa shape index (κ3) is 2.85. The lowest BCUT2D eigenvalue weighted by Gasteiger charge is -2.26. The smallest absolute Gasteiger partial charge is 0.257 e. The Balaban J connectivity index is 2.03. The van der Waals surface area contributed by atoms with E-state index in [4.69, 9.17) is 0 Å². The second-order valence-corrected chi connectivity index (χ2v) is 4.65. The van der Waals surface area contributed by atoms with E-state index in [1.54, 1.807) is 17.1 Å². The van der Waals surface area contributed by atoms with Crippen molar-refractivity contribution >= 4 is 5.91 Å². The molecule has 1 atom stereocenters. The van der Waals surface area contributed by atoms with Crippen molar-refractivity contribution in [2.75, 3.05) is 20.1 Å². The van der Waals surface area contributed by atoms with Gasteiger partial charge in [0.2, 0.25) is 0 Å². The highest BCUT2D eigenvalue weighted by Crippen LogP contribution is 2.14. The second kappa shape index (κ2) is 5.31. The summed E-state index contributed by atoms with van der Waals surface area (Å²) in [5.74, 6) is 0.0741. The number of carbonyl (C=O) groups is 1. The Morgan fingerprint density at radius 3 is 3.06 bits per heavy atom. The molecule has 5 nitrogen and oxygen atoms in total. The van der Waals surface area contributed by atoms with Crippen LogP contribution in [0.1, 0.15) is 29.6 Å². The molecule has 1 unspecified atom stereocenters. The van der Waals surface area contributed by atoms with Crippen molar-refractivity contribution < 1.29 is 4.79 Å². The first-order chi connectivity index (χ1) is 8.18. The quantitative estimate of drug-likeness (QED) is 0.819. The van der Waals surface area contributed by atoms with E-state index in [0.29, 0.717) is 11.6 Å². The summed E-state index contributed by atoms with van der Waals surface area (Å²) in [6, 6.07) is 0.345.